The second-order valence-electron chi connectivity index (χ2n) is 7.71. The van der Waals surface area contributed by atoms with E-state index in [0.29, 0.717) is 5.92 Å². The van der Waals surface area contributed by atoms with Gasteiger partial charge in [-0.25, -0.2) is 0 Å². The van der Waals surface area contributed by atoms with Gasteiger partial charge in [0.1, 0.15) is 0 Å². The highest BCUT2D eigenvalue weighted by Gasteiger charge is 2.60. The van der Waals surface area contributed by atoms with Crippen molar-refractivity contribution in [3.8, 4) is 0 Å². The summed E-state index contributed by atoms with van der Waals surface area (Å²) >= 11 is 1.65. The summed E-state index contributed by atoms with van der Waals surface area (Å²) < 4.78 is 0. The van der Waals surface area contributed by atoms with Crippen LogP contribution in [0.1, 0.15) is 44.2 Å². The first-order valence-corrected chi connectivity index (χ1v) is 9.30. The molecule has 0 aliphatic carbocycles. The molecular weight excluding hydrogens is 316 g/mol. The van der Waals surface area contributed by atoms with Gasteiger partial charge in [0, 0.05) is 21.7 Å². The lowest BCUT2D eigenvalue weighted by molar-refractivity contribution is -0.120. The van der Waals surface area contributed by atoms with Crippen LogP contribution in [0.2, 0.25) is 0 Å². The third-order valence-electron chi connectivity index (χ3n) is 5.58. The smallest absolute Gasteiger partial charge is 0.268 e. The fraction of sp³-hybridized carbons (Fsp3) is 0.350. The Labute approximate surface area is 146 Å². The van der Waals surface area contributed by atoms with Gasteiger partial charge in [0.2, 0.25) is 0 Å². The number of hydrogen-bond acceptors (Lipinski definition) is 3. The minimum Gasteiger partial charge on any atom is -0.358 e. The lowest BCUT2D eigenvalue weighted by Gasteiger charge is -2.44. The molecular formula is C20H20N2OS. The minimum absolute atomic E-state index is 0.167. The molecule has 2 atom stereocenters. The Morgan fingerprint density at radius 1 is 1.17 bits per heavy atom. The van der Waals surface area contributed by atoms with Gasteiger partial charge in [-0.15, -0.1) is 0 Å². The van der Waals surface area contributed by atoms with E-state index in [9.17, 15) is 4.79 Å². The molecule has 0 aromatic heterocycles. The molecule has 0 bridgehead atoms. The Kier molecular flexibility index (Phi) is 2.62. The van der Waals surface area contributed by atoms with E-state index in [2.05, 4.69) is 61.3 Å². The summed E-state index contributed by atoms with van der Waals surface area (Å²) in [6.45, 7) is 6.65. The summed E-state index contributed by atoms with van der Waals surface area (Å²) in [6, 6.07) is 14.6. The molecule has 1 N–H and O–H groups in total. The number of hydrogen-bond donors (Lipinski definition) is 1. The monoisotopic (exact) mass is 336 g/mol. The van der Waals surface area contributed by atoms with E-state index in [1.54, 1.807) is 11.8 Å². The van der Waals surface area contributed by atoms with Crippen LogP contribution in [-0.2, 0) is 9.67 Å². The van der Waals surface area contributed by atoms with Crippen LogP contribution in [0.4, 0.5) is 11.4 Å². The zero-order valence-corrected chi connectivity index (χ0v) is 14.9. The minimum atomic E-state index is -0.712. The van der Waals surface area contributed by atoms with Gasteiger partial charge in [-0.1, -0.05) is 49.0 Å². The lowest BCUT2D eigenvalue weighted by atomic mass is 9.80. The fourth-order valence-corrected chi connectivity index (χ4v) is 5.97. The molecule has 0 radical (unpaired) electrons. The Balaban J connectivity index is 1.77. The molecule has 0 fully saturated rings. The highest BCUT2D eigenvalue weighted by atomic mass is 32.2. The molecule has 0 saturated carbocycles. The van der Waals surface area contributed by atoms with Gasteiger partial charge >= 0.3 is 0 Å². The number of rotatable bonds is 0. The Morgan fingerprint density at radius 2 is 1.96 bits per heavy atom. The van der Waals surface area contributed by atoms with Crippen molar-refractivity contribution in [3.63, 3.8) is 0 Å². The fourth-order valence-electron chi connectivity index (χ4n) is 4.65. The molecule has 0 saturated heterocycles. The highest BCUT2D eigenvalue weighted by Crippen LogP contribution is 2.61. The van der Waals surface area contributed by atoms with Gasteiger partial charge in [0.15, 0.2) is 4.87 Å². The number of benzene rings is 2. The zero-order valence-electron chi connectivity index (χ0n) is 14.1. The van der Waals surface area contributed by atoms with Crippen LogP contribution in [0.15, 0.2) is 47.4 Å². The van der Waals surface area contributed by atoms with Crippen LogP contribution in [0.3, 0.4) is 0 Å². The van der Waals surface area contributed by atoms with E-state index in [4.69, 9.17) is 0 Å². The Bertz CT molecular complexity index is 864. The normalized spacial score (nSPS) is 28.7. The predicted octanol–water partition coefficient (Wildman–Crippen LogP) is 4.69. The predicted molar refractivity (Wildman–Crippen MR) is 98.6 cm³/mol. The molecule has 3 heterocycles. The number of amides is 1. The summed E-state index contributed by atoms with van der Waals surface area (Å²) in [4.78, 5) is 16.1. The number of carbonyl (C=O) groups excluding carboxylic acids is 1. The zero-order chi connectivity index (χ0) is 16.7. The van der Waals surface area contributed by atoms with Crippen LogP contribution in [0.25, 0.3) is 0 Å². The maximum atomic E-state index is 13.6. The molecule has 3 aliphatic heterocycles. The van der Waals surface area contributed by atoms with Crippen molar-refractivity contribution in [2.75, 3.05) is 10.2 Å². The average molecular weight is 336 g/mol. The summed E-state index contributed by atoms with van der Waals surface area (Å²) in [7, 11) is 0. The number of anilines is 2. The van der Waals surface area contributed by atoms with Crippen LogP contribution in [-0.4, -0.2) is 11.4 Å². The van der Waals surface area contributed by atoms with Crippen molar-refractivity contribution in [2.24, 2.45) is 0 Å². The SMILES string of the molecule is C[C@@H]1CC(C)(C)N2C(=O)[C@@]3(Nc4ccccc4S3)c3cccc1c32. The summed E-state index contributed by atoms with van der Waals surface area (Å²) in [5.74, 6) is 0.631. The van der Waals surface area contributed by atoms with Crippen LogP contribution in [0.5, 0.6) is 0 Å². The van der Waals surface area contributed by atoms with Gasteiger partial charge < -0.3 is 10.2 Å². The molecule has 1 amide bonds. The first-order chi connectivity index (χ1) is 11.4. The maximum Gasteiger partial charge on any atom is 0.268 e. The molecule has 3 nitrogen and oxygen atoms in total. The van der Waals surface area contributed by atoms with Gasteiger partial charge in [-0.3, -0.25) is 4.79 Å². The average Bonchev–Trinajstić information content (AvgIpc) is 3.04. The van der Waals surface area contributed by atoms with E-state index in [1.165, 1.54) is 5.56 Å². The number of carbonyl (C=O) groups is 1. The van der Waals surface area contributed by atoms with E-state index in [1.807, 2.05) is 12.1 Å². The molecule has 0 unspecified atom stereocenters. The third kappa shape index (κ3) is 1.57. The number of nitrogens with one attached hydrogen (secondary N) is 1. The van der Waals surface area contributed by atoms with Crippen LogP contribution >= 0.6 is 11.8 Å². The van der Waals surface area contributed by atoms with Crippen LogP contribution < -0.4 is 10.2 Å². The van der Waals surface area contributed by atoms with E-state index >= 15 is 0 Å². The van der Waals surface area contributed by atoms with Crippen molar-refractivity contribution < 1.29 is 4.79 Å². The number of nitrogens with zero attached hydrogens (tertiary/aromatic N) is 1. The van der Waals surface area contributed by atoms with Crippen LogP contribution in [0, 0.1) is 0 Å². The second-order valence-corrected chi connectivity index (χ2v) is 8.96. The molecule has 24 heavy (non-hydrogen) atoms. The summed E-state index contributed by atoms with van der Waals surface area (Å²) in [5.41, 5.74) is 4.44. The largest absolute Gasteiger partial charge is 0.358 e. The number of thioether (sulfide) groups is 1. The molecule has 5 rings (SSSR count). The number of fused-ring (bicyclic) bond motifs is 2. The van der Waals surface area contributed by atoms with Crippen molar-refractivity contribution in [1.82, 2.24) is 0 Å². The van der Waals surface area contributed by atoms with Crippen molar-refractivity contribution in [2.45, 2.75) is 48.4 Å². The standard InChI is InChI=1S/C20H20N2OS/c1-12-11-19(2,3)22-17-13(12)7-6-8-14(17)20(18(22)23)21-15-9-4-5-10-16(15)24-20/h4-10,12,21H,11H2,1-3H3/t12-,20-/m1/s1. The quantitative estimate of drug-likeness (QED) is 0.757. The molecule has 2 aromatic rings. The second kappa shape index (κ2) is 4.37. The summed E-state index contributed by atoms with van der Waals surface area (Å²) in [6.07, 6.45) is 0.989. The topological polar surface area (TPSA) is 32.3 Å². The van der Waals surface area contributed by atoms with E-state index in [-0.39, 0.29) is 11.4 Å². The lowest BCUT2D eigenvalue weighted by Crippen LogP contribution is -2.53. The molecule has 122 valence electrons. The van der Waals surface area contributed by atoms with Gasteiger partial charge in [-0.2, -0.15) is 0 Å². The Hall–Kier alpha value is -1.94. The van der Waals surface area contributed by atoms with Crippen molar-refractivity contribution in [3.05, 3.63) is 53.6 Å². The van der Waals surface area contributed by atoms with Crippen molar-refractivity contribution >= 4 is 29.0 Å². The third-order valence-corrected chi connectivity index (χ3v) is 6.96. The highest BCUT2D eigenvalue weighted by molar-refractivity contribution is 8.01. The molecule has 2 aromatic carbocycles. The Morgan fingerprint density at radius 3 is 2.75 bits per heavy atom. The van der Waals surface area contributed by atoms with Gasteiger partial charge in [-0.05, 0) is 43.9 Å². The molecule has 4 heteroatoms. The van der Waals surface area contributed by atoms with E-state index in [0.717, 1.165) is 28.3 Å². The first-order valence-electron chi connectivity index (χ1n) is 8.48. The molecule has 1 spiro atoms. The molecule has 3 aliphatic rings. The first kappa shape index (κ1) is 14.4. The van der Waals surface area contributed by atoms with Crippen molar-refractivity contribution in [1.29, 1.82) is 0 Å². The summed E-state index contributed by atoms with van der Waals surface area (Å²) in [5, 5.41) is 3.56. The van der Waals surface area contributed by atoms with Gasteiger partial charge in [0.25, 0.3) is 5.91 Å². The number of para-hydroxylation sites is 2. The maximum absolute atomic E-state index is 13.6. The van der Waals surface area contributed by atoms with Gasteiger partial charge in [0.05, 0.1) is 5.69 Å². The van der Waals surface area contributed by atoms with E-state index < -0.39 is 4.87 Å².